The van der Waals surface area contributed by atoms with Crippen molar-refractivity contribution in [2.24, 2.45) is 5.73 Å². The summed E-state index contributed by atoms with van der Waals surface area (Å²) in [6, 6.07) is 3.82. The van der Waals surface area contributed by atoms with Crippen molar-refractivity contribution in [1.82, 2.24) is 4.98 Å². The van der Waals surface area contributed by atoms with Crippen molar-refractivity contribution in [3.63, 3.8) is 0 Å². The Morgan fingerprint density at radius 3 is 2.88 bits per heavy atom. The molecule has 0 spiro atoms. The Morgan fingerprint density at radius 1 is 1.47 bits per heavy atom. The molecule has 0 fully saturated rings. The Balaban J connectivity index is 2.75. The minimum Gasteiger partial charge on any atom is -0.490 e. The van der Waals surface area contributed by atoms with E-state index in [2.05, 4.69) is 31.1 Å². The third kappa shape index (κ3) is 4.61. The maximum Gasteiger partial charge on any atom is 0.169 e. The molecule has 1 rings (SSSR count). The highest BCUT2D eigenvalue weighted by atomic mass is 16.5. The van der Waals surface area contributed by atoms with Gasteiger partial charge in [0.1, 0.15) is 0 Å². The molecular formula is C13H23N3O. The minimum absolute atomic E-state index is 0.0760. The molecule has 96 valence electrons. The largest absolute Gasteiger partial charge is 0.490 e. The molecule has 0 saturated heterocycles. The zero-order chi connectivity index (χ0) is 12.7. The molecule has 17 heavy (non-hydrogen) atoms. The lowest BCUT2D eigenvalue weighted by Gasteiger charge is -2.27. The average molecular weight is 237 g/mol. The van der Waals surface area contributed by atoms with Gasteiger partial charge in [-0.05, 0) is 45.4 Å². The van der Waals surface area contributed by atoms with Crippen LogP contribution in [0.5, 0.6) is 5.75 Å². The van der Waals surface area contributed by atoms with Crippen molar-refractivity contribution in [1.29, 1.82) is 0 Å². The first-order chi connectivity index (χ1) is 8.09. The summed E-state index contributed by atoms with van der Waals surface area (Å²) in [7, 11) is 0. The smallest absolute Gasteiger partial charge is 0.169 e. The lowest BCUT2D eigenvalue weighted by molar-refractivity contribution is 0.316. The highest BCUT2D eigenvalue weighted by Gasteiger charge is 2.18. The van der Waals surface area contributed by atoms with E-state index in [0.29, 0.717) is 13.2 Å². The van der Waals surface area contributed by atoms with Crippen LogP contribution in [0, 0.1) is 0 Å². The Hall–Kier alpha value is -1.29. The number of aromatic nitrogens is 1. The van der Waals surface area contributed by atoms with E-state index < -0.39 is 0 Å². The highest BCUT2D eigenvalue weighted by molar-refractivity contribution is 5.51. The monoisotopic (exact) mass is 237 g/mol. The molecule has 0 unspecified atom stereocenters. The fraction of sp³-hybridized carbons (Fsp3) is 0.615. The topological polar surface area (TPSA) is 60.2 Å². The number of nitrogens with zero attached hydrogens (tertiary/aromatic N) is 1. The van der Waals surface area contributed by atoms with Crippen LogP contribution in [-0.4, -0.2) is 23.7 Å². The van der Waals surface area contributed by atoms with Gasteiger partial charge in [0, 0.05) is 11.7 Å². The van der Waals surface area contributed by atoms with E-state index >= 15 is 0 Å². The van der Waals surface area contributed by atoms with Crippen LogP contribution < -0.4 is 15.8 Å². The van der Waals surface area contributed by atoms with Crippen LogP contribution in [-0.2, 0) is 0 Å². The molecule has 1 heterocycles. The van der Waals surface area contributed by atoms with Gasteiger partial charge < -0.3 is 15.8 Å². The number of hydrogen-bond donors (Lipinski definition) is 2. The van der Waals surface area contributed by atoms with Crippen molar-refractivity contribution in [3.8, 4) is 5.75 Å². The maximum absolute atomic E-state index is 5.65. The predicted molar refractivity (Wildman–Crippen MR) is 71.4 cm³/mol. The second-order valence-electron chi connectivity index (χ2n) is 4.75. The Bertz CT molecular complexity index is 339. The fourth-order valence-electron chi connectivity index (χ4n) is 1.56. The molecule has 0 aliphatic rings. The number of pyridine rings is 1. The maximum atomic E-state index is 5.65. The van der Waals surface area contributed by atoms with E-state index in [1.54, 1.807) is 6.20 Å². The zero-order valence-corrected chi connectivity index (χ0v) is 11.0. The first kappa shape index (κ1) is 13.8. The zero-order valence-electron chi connectivity index (χ0n) is 11.0. The van der Waals surface area contributed by atoms with Gasteiger partial charge in [0.25, 0.3) is 0 Å². The molecule has 0 radical (unpaired) electrons. The first-order valence-electron chi connectivity index (χ1n) is 6.15. The van der Waals surface area contributed by atoms with Gasteiger partial charge >= 0.3 is 0 Å². The quantitative estimate of drug-likeness (QED) is 0.764. The summed E-state index contributed by atoms with van der Waals surface area (Å²) in [5.41, 5.74) is 5.52. The third-order valence-electron chi connectivity index (χ3n) is 2.46. The number of rotatable bonds is 7. The van der Waals surface area contributed by atoms with Crippen LogP contribution in [0.15, 0.2) is 18.3 Å². The molecule has 0 amide bonds. The number of nitrogens with two attached hydrogens (primary N) is 1. The summed E-state index contributed by atoms with van der Waals surface area (Å²) in [4.78, 5) is 4.32. The Kier molecular flexibility index (Phi) is 5.22. The molecule has 0 atom stereocenters. The minimum atomic E-state index is -0.0760. The Morgan fingerprint density at radius 2 is 2.24 bits per heavy atom. The standard InChI is InChI=1S/C13H23N3O/c1-4-10-17-11-6-5-9-15-12(11)16-13(2,3)7-8-14/h5-6,9H,4,7-8,10,14H2,1-3H3,(H,15,16). The second kappa shape index (κ2) is 6.45. The van der Waals surface area contributed by atoms with Gasteiger partial charge in [-0.15, -0.1) is 0 Å². The lowest BCUT2D eigenvalue weighted by atomic mass is 10.0. The molecule has 0 saturated carbocycles. The number of ether oxygens (including phenoxy) is 1. The van der Waals surface area contributed by atoms with E-state index in [1.807, 2.05) is 12.1 Å². The van der Waals surface area contributed by atoms with Gasteiger partial charge in [-0.1, -0.05) is 6.92 Å². The number of nitrogens with one attached hydrogen (secondary N) is 1. The van der Waals surface area contributed by atoms with E-state index in [1.165, 1.54) is 0 Å². The average Bonchev–Trinajstić information content (AvgIpc) is 2.27. The van der Waals surface area contributed by atoms with Crippen molar-refractivity contribution >= 4 is 5.82 Å². The fourth-order valence-corrected chi connectivity index (χ4v) is 1.56. The van der Waals surface area contributed by atoms with E-state index in [9.17, 15) is 0 Å². The van der Waals surface area contributed by atoms with Gasteiger partial charge in [0.05, 0.1) is 6.61 Å². The lowest BCUT2D eigenvalue weighted by Crippen LogP contribution is -2.34. The van der Waals surface area contributed by atoms with Crippen LogP contribution in [0.1, 0.15) is 33.6 Å². The van der Waals surface area contributed by atoms with Crippen molar-refractivity contribution in [3.05, 3.63) is 18.3 Å². The summed E-state index contributed by atoms with van der Waals surface area (Å²) in [6.45, 7) is 7.66. The van der Waals surface area contributed by atoms with Crippen LogP contribution in [0.2, 0.25) is 0 Å². The molecule has 0 aromatic carbocycles. The molecule has 3 N–H and O–H groups in total. The molecule has 0 aliphatic carbocycles. The van der Waals surface area contributed by atoms with Gasteiger partial charge in [-0.2, -0.15) is 0 Å². The van der Waals surface area contributed by atoms with Gasteiger partial charge in [-0.3, -0.25) is 0 Å². The number of hydrogen-bond acceptors (Lipinski definition) is 4. The van der Waals surface area contributed by atoms with E-state index in [0.717, 1.165) is 24.4 Å². The van der Waals surface area contributed by atoms with Crippen LogP contribution in [0.4, 0.5) is 5.82 Å². The summed E-state index contributed by atoms with van der Waals surface area (Å²) in [6.07, 6.45) is 3.64. The molecule has 0 bridgehead atoms. The first-order valence-corrected chi connectivity index (χ1v) is 6.15. The van der Waals surface area contributed by atoms with Crippen LogP contribution >= 0.6 is 0 Å². The van der Waals surface area contributed by atoms with E-state index in [-0.39, 0.29) is 5.54 Å². The number of anilines is 1. The van der Waals surface area contributed by atoms with E-state index in [4.69, 9.17) is 10.5 Å². The second-order valence-corrected chi connectivity index (χ2v) is 4.75. The predicted octanol–water partition coefficient (Wildman–Crippen LogP) is 2.41. The normalized spacial score (nSPS) is 11.3. The van der Waals surface area contributed by atoms with Crippen LogP contribution in [0.3, 0.4) is 0 Å². The summed E-state index contributed by atoms with van der Waals surface area (Å²) < 4.78 is 5.65. The molecule has 4 heteroatoms. The van der Waals surface area contributed by atoms with Crippen molar-refractivity contribution in [2.75, 3.05) is 18.5 Å². The van der Waals surface area contributed by atoms with Gasteiger partial charge in [-0.25, -0.2) is 4.98 Å². The molecule has 4 nitrogen and oxygen atoms in total. The van der Waals surface area contributed by atoms with Crippen molar-refractivity contribution < 1.29 is 4.74 Å². The summed E-state index contributed by atoms with van der Waals surface area (Å²) >= 11 is 0. The van der Waals surface area contributed by atoms with Crippen molar-refractivity contribution in [2.45, 2.75) is 39.2 Å². The molecular weight excluding hydrogens is 214 g/mol. The van der Waals surface area contributed by atoms with Gasteiger partial charge in [0.2, 0.25) is 0 Å². The molecule has 0 aliphatic heterocycles. The third-order valence-corrected chi connectivity index (χ3v) is 2.46. The summed E-state index contributed by atoms with van der Waals surface area (Å²) in [5, 5.41) is 3.38. The van der Waals surface area contributed by atoms with Gasteiger partial charge in [0.15, 0.2) is 11.6 Å². The molecule has 1 aromatic rings. The SMILES string of the molecule is CCCOc1cccnc1NC(C)(C)CCN. The Labute approximate surface area is 104 Å². The van der Waals surface area contributed by atoms with Crippen LogP contribution in [0.25, 0.3) is 0 Å². The molecule has 1 aromatic heterocycles. The highest BCUT2D eigenvalue weighted by Crippen LogP contribution is 2.25. The summed E-state index contributed by atoms with van der Waals surface area (Å²) in [5.74, 6) is 1.60.